The smallest absolute Gasteiger partial charge is 0.220 e. The van der Waals surface area contributed by atoms with Crippen molar-refractivity contribution in [2.24, 2.45) is 0 Å². The van der Waals surface area contributed by atoms with Gasteiger partial charge in [0.1, 0.15) is 0 Å². The van der Waals surface area contributed by atoms with Crippen LogP contribution in [0.2, 0.25) is 5.02 Å². The van der Waals surface area contributed by atoms with Crippen molar-refractivity contribution in [3.05, 3.63) is 64.9 Å². The molecule has 0 saturated carbocycles. The quantitative estimate of drug-likeness (QED) is 0.799. The highest BCUT2D eigenvalue weighted by Crippen LogP contribution is 2.09. The van der Waals surface area contributed by atoms with Crippen molar-refractivity contribution in [3.63, 3.8) is 0 Å². The Bertz CT molecular complexity index is 627. The van der Waals surface area contributed by atoms with Crippen LogP contribution in [0.1, 0.15) is 28.8 Å². The lowest BCUT2D eigenvalue weighted by Crippen LogP contribution is -2.26. The molecule has 0 fully saturated rings. The van der Waals surface area contributed by atoms with Crippen LogP contribution in [0.3, 0.4) is 0 Å². The molecule has 0 radical (unpaired) electrons. The van der Waals surface area contributed by atoms with Gasteiger partial charge in [0.15, 0.2) is 5.78 Å². The molecule has 1 amide bonds. The Kier molecular flexibility index (Phi) is 6.10. The number of hydrogen-bond acceptors (Lipinski definition) is 3. The second-order valence-electron chi connectivity index (χ2n) is 4.89. The number of benzene rings is 1. The van der Waals surface area contributed by atoms with Crippen LogP contribution in [0.5, 0.6) is 0 Å². The number of ketones is 1. The molecule has 2 rings (SSSR count). The highest BCUT2D eigenvalue weighted by Gasteiger charge is 2.09. The molecule has 2 aromatic rings. The molecule has 0 bridgehead atoms. The fourth-order valence-electron chi connectivity index (χ4n) is 1.98. The van der Waals surface area contributed by atoms with Crippen LogP contribution in [0.4, 0.5) is 0 Å². The summed E-state index contributed by atoms with van der Waals surface area (Å²) in [7, 11) is 0. The lowest BCUT2D eigenvalue weighted by atomic mass is 10.1. The zero-order chi connectivity index (χ0) is 15.8. The first-order valence-electron chi connectivity index (χ1n) is 7.09. The Morgan fingerprint density at radius 2 is 1.86 bits per heavy atom. The number of carbonyl (C=O) groups excluding carboxylic acids is 2. The third kappa shape index (κ3) is 5.30. The van der Waals surface area contributed by atoms with E-state index in [1.54, 1.807) is 18.3 Å². The first kappa shape index (κ1) is 16.2. The molecule has 1 N–H and O–H groups in total. The van der Waals surface area contributed by atoms with Crippen molar-refractivity contribution in [2.45, 2.75) is 19.3 Å². The molecule has 5 heteroatoms. The highest BCUT2D eigenvalue weighted by molar-refractivity contribution is 6.30. The molecule has 1 aromatic heterocycles. The molecule has 0 aliphatic rings. The van der Waals surface area contributed by atoms with Gasteiger partial charge >= 0.3 is 0 Å². The summed E-state index contributed by atoms with van der Waals surface area (Å²) in [6.45, 7) is 0.543. The second-order valence-corrected chi connectivity index (χ2v) is 5.33. The van der Waals surface area contributed by atoms with Gasteiger partial charge in [-0.3, -0.25) is 14.6 Å². The number of pyridine rings is 1. The molecule has 22 heavy (non-hydrogen) atoms. The molecule has 1 heterocycles. The molecule has 0 saturated heterocycles. The monoisotopic (exact) mass is 316 g/mol. The van der Waals surface area contributed by atoms with Gasteiger partial charge in [-0.15, -0.1) is 0 Å². The van der Waals surface area contributed by atoms with Crippen molar-refractivity contribution < 1.29 is 9.59 Å². The average Bonchev–Trinajstić information content (AvgIpc) is 2.55. The average molecular weight is 317 g/mol. The molecule has 0 unspecified atom stereocenters. The van der Waals surface area contributed by atoms with E-state index in [1.807, 2.05) is 24.3 Å². The molecule has 4 nitrogen and oxygen atoms in total. The first-order chi connectivity index (χ1) is 10.6. The Labute approximate surface area is 134 Å². The molecule has 0 aliphatic carbocycles. The van der Waals surface area contributed by atoms with E-state index in [9.17, 15) is 9.59 Å². The number of rotatable bonds is 7. The first-order valence-corrected chi connectivity index (χ1v) is 7.47. The number of nitrogens with one attached hydrogen (secondary N) is 1. The van der Waals surface area contributed by atoms with E-state index < -0.39 is 0 Å². The third-order valence-electron chi connectivity index (χ3n) is 3.21. The Morgan fingerprint density at radius 3 is 2.55 bits per heavy atom. The summed E-state index contributed by atoms with van der Waals surface area (Å²) >= 11 is 5.81. The van der Waals surface area contributed by atoms with E-state index >= 15 is 0 Å². The van der Waals surface area contributed by atoms with E-state index in [-0.39, 0.29) is 24.5 Å². The Hall–Kier alpha value is -2.20. The van der Waals surface area contributed by atoms with E-state index in [1.165, 1.54) is 6.20 Å². The summed E-state index contributed by atoms with van der Waals surface area (Å²) in [6, 6.07) is 10.9. The van der Waals surface area contributed by atoms with E-state index in [0.717, 1.165) is 12.0 Å². The van der Waals surface area contributed by atoms with Gasteiger partial charge in [-0.05, 0) is 36.2 Å². The van der Waals surface area contributed by atoms with Crippen LogP contribution in [0.15, 0.2) is 48.8 Å². The SMILES string of the molecule is O=C(CCC(=O)c1cccnc1)NCCc1ccc(Cl)cc1. The Balaban J connectivity index is 1.68. The number of carbonyl (C=O) groups is 2. The van der Waals surface area contributed by atoms with Gasteiger partial charge in [0.05, 0.1) is 0 Å². The third-order valence-corrected chi connectivity index (χ3v) is 3.46. The van der Waals surface area contributed by atoms with Crippen molar-refractivity contribution >= 4 is 23.3 Å². The van der Waals surface area contributed by atoms with Crippen LogP contribution >= 0.6 is 11.6 Å². The van der Waals surface area contributed by atoms with Crippen LogP contribution in [0, 0.1) is 0 Å². The zero-order valence-electron chi connectivity index (χ0n) is 12.1. The van der Waals surface area contributed by atoms with Gasteiger partial charge in [-0.25, -0.2) is 0 Å². The number of nitrogens with zero attached hydrogens (tertiary/aromatic N) is 1. The van der Waals surface area contributed by atoms with Crippen LogP contribution in [0.25, 0.3) is 0 Å². The van der Waals surface area contributed by atoms with Crippen LogP contribution < -0.4 is 5.32 Å². The molecule has 114 valence electrons. The summed E-state index contributed by atoms with van der Waals surface area (Å²) in [4.78, 5) is 27.5. The lowest BCUT2D eigenvalue weighted by molar-refractivity contribution is -0.121. The minimum Gasteiger partial charge on any atom is -0.356 e. The van der Waals surface area contributed by atoms with E-state index in [0.29, 0.717) is 17.1 Å². The molecule has 1 aromatic carbocycles. The van der Waals surface area contributed by atoms with Gasteiger partial charge < -0.3 is 5.32 Å². The normalized spacial score (nSPS) is 10.2. The maximum Gasteiger partial charge on any atom is 0.220 e. The zero-order valence-corrected chi connectivity index (χ0v) is 12.8. The fourth-order valence-corrected chi connectivity index (χ4v) is 2.11. The van der Waals surface area contributed by atoms with Crippen molar-refractivity contribution in [2.75, 3.05) is 6.54 Å². The molecule has 0 spiro atoms. The van der Waals surface area contributed by atoms with Gasteiger partial charge in [0.25, 0.3) is 0 Å². The Morgan fingerprint density at radius 1 is 1.09 bits per heavy atom. The predicted molar refractivity (Wildman–Crippen MR) is 86.0 cm³/mol. The van der Waals surface area contributed by atoms with Crippen LogP contribution in [-0.2, 0) is 11.2 Å². The highest BCUT2D eigenvalue weighted by atomic mass is 35.5. The topological polar surface area (TPSA) is 59.1 Å². The molecular formula is C17H17ClN2O2. The van der Waals surface area contributed by atoms with Crippen LogP contribution in [-0.4, -0.2) is 23.2 Å². The maximum absolute atomic E-state index is 11.8. The number of halogens is 1. The number of aromatic nitrogens is 1. The van der Waals surface area contributed by atoms with E-state index in [4.69, 9.17) is 11.6 Å². The molecule has 0 atom stereocenters. The summed E-state index contributed by atoms with van der Waals surface area (Å²) in [5.74, 6) is -0.188. The van der Waals surface area contributed by atoms with Gasteiger partial charge in [-0.2, -0.15) is 0 Å². The molecule has 0 aliphatic heterocycles. The van der Waals surface area contributed by atoms with Gasteiger partial charge in [-0.1, -0.05) is 23.7 Å². The minimum atomic E-state index is -0.119. The predicted octanol–water partition coefficient (Wildman–Crippen LogP) is 3.06. The fraction of sp³-hybridized carbons (Fsp3) is 0.235. The molecular weight excluding hydrogens is 300 g/mol. The number of hydrogen-bond donors (Lipinski definition) is 1. The van der Waals surface area contributed by atoms with Gasteiger partial charge in [0.2, 0.25) is 5.91 Å². The second kappa shape index (κ2) is 8.29. The standard InChI is InChI=1S/C17H17ClN2O2/c18-15-5-3-13(4-6-15)9-11-20-17(22)8-7-16(21)14-2-1-10-19-12-14/h1-6,10,12H,7-9,11H2,(H,20,22). The largest absolute Gasteiger partial charge is 0.356 e. The van der Waals surface area contributed by atoms with Crippen molar-refractivity contribution in [3.8, 4) is 0 Å². The maximum atomic E-state index is 11.8. The van der Waals surface area contributed by atoms with E-state index in [2.05, 4.69) is 10.3 Å². The lowest BCUT2D eigenvalue weighted by Gasteiger charge is -2.05. The van der Waals surface area contributed by atoms with Crippen molar-refractivity contribution in [1.82, 2.24) is 10.3 Å². The summed E-state index contributed by atoms with van der Waals surface area (Å²) in [6.07, 6.45) is 4.24. The summed E-state index contributed by atoms with van der Waals surface area (Å²) < 4.78 is 0. The summed E-state index contributed by atoms with van der Waals surface area (Å²) in [5.41, 5.74) is 1.65. The van der Waals surface area contributed by atoms with Crippen molar-refractivity contribution in [1.29, 1.82) is 0 Å². The van der Waals surface area contributed by atoms with Gasteiger partial charge in [0, 0.05) is 42.4 Å². The number of amides is 1. The minimum absolute atomic E-state index is 0.0686. The summed E-state index contributed by atoms with van der Waals surface area (Å²) in [5, 5.41) is 3.51. The number of Topliss-reactive ketones (excluding diaryl/α,β-unsaturated/α-hetero) is 1.